The second-order valence-corrected chi connectivity index (χ2v) is 9.01. The number of carbonyl (C=O) groups is 1. The molecule has 2 heterocycles. The van der Waals surface area contributed by atoms with Gasteiger partial charge in [0.25, 0.3) is 0 Å². The van der Waals surface area contributed by atoms with Crippen LogP contribution >= 0.6 is 0 Å². The zero-order valence-corrected chi connectivity index (χ0v) is 16.5. The van der Waals surface area contributed by atoms with E-state index in [1.165, 1.54) is 18.4 Å². The van der Waals surface area contributed by atoms with Gasteiger partial charge >= 0.3 is 0 Å². The minimum absolute atomic E-state index is 0.171. The van der Waals surface area contributed by atoms with Crippen molar-refractivity contribution in [3.63, 3.8) is 0 Å². The normalized spacial score (nSPS) is 30.3. The van der Waals surface area contributed by atoms with Gasteiger partial charge in [0.2, 0.25) is 5.91 Å². The monoisotopic (exact) mass is 378 g/mol. The molecular formula is C24H30N2O2. The number of benzene rings is 1. The van der Waals surface area contributed by atoms with Crippen molar-refractivity contribution >= 4 is 5.91 Å². The summed E-state index contributed by atoms with van der Waals surface area (Å²) >= 11 is 0. The Morgan fingerprint density at radius 3 is 2.50 bits per heavy atom. The molecule has 28 heavy (non-hydrogen) atoms. The van der Waals surface area contributed by atoms with Crippen LogP contribution in [0.5, 0.6) is 0 Å². The molecule has 3 atom stereocenters. The summed E-state index contributed by atoms with van der Waals surface area (Å²) in [5.41, 5.74) is 2.35. The van der Waals surface area contributed by atoms with Crippen molar-refractivity contribution in [1.82, 2.24) is 9.80 Å². The topological polar surface area (TPSA) is 43.8 Å². The van der Waals surface area contributed by atoms with Crippen molar-refractivity contribution in [3.05, 3.63) is 35.4 Å². The van der Waals surface area contributed by atoms with Crippen molar-refractivity contribution in [2.75, 3.05) is 26.2 Å². The first-order chi connectivity index (χ1) is 13.7. The van der Waals surface area contributed by atoms with Gasteiger partial charge in [0, 0.05) is 48.5 Å². The summed E-state index contributed by atoms with van der Waals surface area (Å²) in [4.78, 5) is 17.3. The van der Waals surface area contributed by atoms with Crippen LogP contribution in [0.2, 0.25) is 0 Å². The van der Waals surface area contributed by atoms with Crippen LogP contribution in [-0.4, -0.2) is 59.1 Å². The molecule has 2 aliphatic carbocycles. The molecule has 0 radical (unpaired) electrons. The van der Waals surface area contributed by atoms with Gasteiger partial charge in [0.15, 0.2) is 0 Å². The molecule has 1 amide bonds. The van der Waals surface area contributed by atoms with Gasteiger partial charge < -0.3 is 10.0 Å². The predicted octanol–water partition coefficient (Wildman–Crippen LogP) is 2.61. The fourth-order valence-electron chi connectivity index (χ4n) is 4.93. The maximum atomic E-state index is 12.7. The quantitative estimate of drug-likeness (QED) is 0.823. The van der Waals surface area contributed by atoms with Crippen LogP contribution < -0.4 is 0 Å². The van der Waals surface area contributed by atoms with Gasteiger partial charge in [-0.25, -0.2) is 0 Å². The largest absolute Gasteiger partial charge is 0.395 e. The summed E-state index contributed by atoms with van der Waals surface area (Å²) in [6, 6.07) is 9.11. The third kappa shape index (κ3) is 3.58. The van der Waals surface area contributed by atoms with E-state index in [0.717, 1.165) is 50.9 Å². The maximum Gasteiger partial charge on any atom is 0.225 e. The first-order valence-corrected chi connectivity index (χ1v) is 11.0. The van der Waals surface area contributed by atoms with Crippen LogP contribution in [0.1, 0.15) is 55.6 Å². The molecule has 0 unspecified atom stereocenters. The lowest BCUT2D eigenvalue weighted by atomic mass is 9.74. The van der Waals surface area contributed by atoms with E-state index >= 15 is 0 Å². The molecular weight excluding hydrogens is 348 g/mol. The molecule has 4 fully saturated rings. The highest BCUT2D eigenvalue weighted by Crippen LogP contribution is 2.42. The molecule has 4 aliphatic rings. The van der Waals surface area contributed by atoms with Gasteiger partial charge in [0.05, 0.1) is 6.61 Å². The Morgan fingerprint density at radius 2 is 1.82 bits per heavy atom. The second kappa shape index (κ2) is 7.54. The summed E-state index contributed by atoms with van der Waals surface area (Å²) < 4.78 is 0. The Labute approximate surface area is 167 Å². The number of carbonyl (C=O) groups excluding carboxylic acids is 1. The van der Waals surface area contributed by atoms with E-state index in [4.69, 9.17) is 0 Å². The molecule has 2 aliphatic heterocycles. The maximum absolute atomic E-state index is 12.7. The smallest absolute Gasteiger partial charge is 0.225 e. The van der Waals surface area contributed by atoms with Gasteiger partial charge in [-0.2, -0.15) is 0 Å². The van der Waals surface area contributed by atoms with Crippen molar-refractivity contribution in [1.29, 1.82) is 0 Å². The summed E-state index contributed by atoms with van der Waals surface area (Å²) in [6.07, 6.45) is 6.80. The first-order valence-electron chi connectivity index (χ1n) is 11.0. The minimum Gasteiger partial charge on any atom is -0.395 e. The highest BCUT2D eigenvalue weighted by Gasteiger charge is 2.50. The number of hydrogen-bond acceptors (Lipinski definition) is 3. The molecule has 1 aromatic carbocycles. The highest BCUT2D eigenvalue weighted by molar-refractivity contribution is 5.81. The molecule has 4 heteroatoms. The Hall–Kier alpha value is -1.83. The lowest BCUT2D eigenvalue weighted by molar-refractivity contribution is -0.137. The Kier molecular flexibility index (Phi) is 4.90. The minimum atomic E-state index is 0.171. The zero-order valence-electron chi connectivity index (χ0n) is 16.5. The van der Waals surface area contributed by atoms with E-state index in [-0.39, 0.29) is 18.6 Å². The number of amides is 1. The summed E-state index contributed by atoms with van der Waals surface area (Å²) in [5.74, 6) is 8.16. The molecule has 1 aromatic rings. The summed E-state index contributed by atoms with van der Waals surface area (Å²) in [6.45, 7) is 2.91. The van der Waals surface area contributed by atoms with Crippen molar-refractivity contribution in [2.45, 2.75) is 56.5 Å². The fourth-order valence-corrected chi connectivity index (χ4v) is 4.93. The van der Waals surface area contributed by atoms with Gasteiger partial charge in [-0.15, -0.1) is 0 Å². The zero-order chi connectivity index (χ0) is 19.1. The Bertz CT molecular complexity index is 785. The van der Waals surface area contributed by atoms with E-state index in [2.05, 4.69) is 45.9 Å². The molecule has 4 nitrogen and oxygen atoms in total. The lowest BCUT2D eigenvalue weighted by Crippen LogP contribution is -2.68. The standard InChI is InChI=1S/C24H30N2O2/c27-16-22-23(19-9-7-18(8-10-19)6-5-17-3-4-17)21-15-25(24(28)20-11-12-20)13-1-2-14-26(21)22/h7-10,17,20-23,27H,1-4,11-16H2/t21-,22+,23-/m1/s1. The fraction of sp³-hybridized carbons (Fsp3) is 0.625. The van der Waals surface area contributed by atoms with Gasteiger partial charge in [-0.1, -0.05) is 24.0 Å². The molecule has 1 N–H and O–H groups in total. The third-order valence-electron chi connectivity index (χ3n) is 6.90. The Morgan fingerprint density at radius 1 is 1.07 bits per heavy atom. The van der Waals surface area contributed by atoms with Crippen LogP contribution in [0.4, 0.5) is 0 Å². The van der Waals surface area contributed by atoms with E-state index in [1.54, 1.807) is 0 Å². The lowest BCUT2D eigenvalue weighted by Gasteiger charge is -2.57. The van der Waals surface area contributed by atoms with Crippen LogP contribution in [0.15, 0.2) is 24.3 Å². The first kappa shape index (κ1) is 18.2. The van der Waals surface area contributed by atoms with Crippen LogP contribution in [0.3, 0.4) is 0 Å². The number of hydrogen-bond donors (Lipinski definition) is 1. The SMILES string of the molecule is O=C(C1CC1)N1CCCCN2[C@H](C1)[C@@H](c1ccc(C#CC3CC3)cc1)[C@@H]2CO. The van der Waals surface area contributed by atoms with E-state index in [9.17, 15) is 9.90 Å². The van der Waals surface area contributed by atoms with E-state index < -0.39 is 0 Å². The number of fused-ring (bicyclic) bond motifs is 1. The van der Waals surface area contributed by atoms with Crippen LogP contribution in [0, 0.1) is 23.7 Å². The van der Waals surface area contributed by atoms with Crippen molar-refractivity contribution in [2.24, 2.45) is 11.8 Å². The van der Waals surface area contributed by atoms with Gasteiger partial charge in [-0.05, 0) is 62.8 Å². The van der Waals surface area contributed by atoms with E-state index in [1.807, 2.05) is 0 Å². The van der Waals surface area contributed by atoms with Crippen molar-refractivity contribution < 1.29 is 9.90 Å². The van der Waals surface area contributed by atoms with Crippen LogP contribution in [0.25, 0.3) is 0 Å². The number of nitrogens with zero attached hydrogens (tertiary/aromatic N) is 2. The van der Waals surface area contributed by atoms with Crippen molar-refractivity contribution in [3.8, 4) is 11.8 Å². The summed E-state index contributed by atoms with van der Waals surface area (Å²) in [7, 11) is 0. The Balaban J connectivity index is 1.34. The summed E-state index contributed by atoms with van der Waals surface area (Å²) in [5, 5.41) is 10.1. The average Bonchev–Trinajstić information content (AvgIpc) is 3.59. The second-order valence-electron chi connectivity index (χ2n) is 9.01. The third-order valence-corrected chi connectivity index (χ3v) is 6.90. The molecule has 0 aromatic heterocycles. The molecule has 2 saturated carbocycles. The molecule has 2 saturated heterocycles. The molecule has 5 rings (SSSR count). The van der Waals surface area contributed by atoms with E-state index in [0.29, 0.717) is 23.8 Å². The highest BCUT2D eigenvalue weighted by atomic mass is 16.3. The van der Waals surface area contributed by atoms with Gasteiger partial charge in [0.1, 0.15) is 0 Å². The molecule has 0 bridgehead atoms. The molecule has 148 valence electrons. The van der Waals surface area contributed by atoms with Gasteiger partial charge in [-0.3, -0.25) is 9.69 Å². The average molecular weight is 379 g/mol. The molecule has 0 spiro atoms. The number of aliphatic hydroxyl groups is 1. The number of rotatable bonds is 3. The number of aliphatic hydroxyl groups excluding tert-OH is 1. The van der Waals surface area contributed by atoms with Crippen LogP contribution in [-0.2, 0) is 4.79 Å². The predicted molar refractivity (Wildman–Crippen MR) is 109 cm³/mol.